The van der Waals surface area contributed by atoms with Crippen LogP contribution in [0.2, 0.25) is 0 Å². The van der Waals surface area contributed by atoms with Crippen molar-refractivity contribution in [3.8, 4) is 0 Å². The Balaban J connectivity index is 2.31. The molecule has 0 bridgehead atoms. The molecule has 0 amide bonds. The van der Waals surface area contributed by atoms with Crippen molar-refractivity contribution in [2.45, 2.75) is 39.2 Å². The minimum absolute atomic E-state index is 0.000735. The van der Waals surface area contributed by atoms with E-state index in [2.05, 4.69) is 51.5 Å². The molecule has 6 nitrogen and oxygen atoms in total. The molecule has 0 aromatic carbocycles. The highest BCUT2D eigenvalue weighted by Crippen LogP contribution is 2.26. The number of aromatic nitrogens is 4. The van der Waals surface area contributed by atoms with Gasteiger partial charge in [-0.2, -0.15) is 10.2 Å². The van der Waals surface area contributed by atoms with Crippen molar-refractivity contribution in [3.63, 3.8) is 0 Å². The average molecular weight is 355 g/mol. The van der Waals surface area contributed by atoms with Crippen molar-refractivity contribution >= 4 is 15.9 Å². The Kier molecular flexibility index (Phi) is 5.18. The Labute approximate surface area is 133 Å². The Hall–Kier alpha value is -1.18. The largest absolute Gasteiger partial charge is 0.271 e. The summed E-state index contributed by atoms with van der Waals surface area (Å²) in [5.74, 6) is 5.78. The van der Waals surface area contributed by atoms with Crippen molar-refractivity contribution in [1.82, 2.24) is 25.0 Å². The number of aryl methyl sites for hydroxylation is 4. The normalized spacial score (nSPS) is 12.9. The van der Waals surface area contributed by atoms with Crippen LogP contribution in [0.4, 0.5) is 0 Å². The summed E-state index contributed by atoms with van der Waals surface area (Å²) in [6.07, 6.45) is 2.57. The van der Waals surface area contributed by atoms with Crippen LogP contribution in [0.3, 0.4) is 0 Å². The number of hydrogen-bond acceptors (Lipinski definition) is 4. The summed E-state index contributed by atoms with van der Waals surface area (Å²) in [5.41, 5.74) is 7.27. The van der Waals surface area contributed by atoms with Crippen LogP contribution in [0.25, 0.3) is 0 Å². The van der Waals surface area contributed by atoms with E-state index in [1.165, 1.54) is 0 Å². The lowest BCUT2D eigenvalue weighted by molar-refractivity contribution is 0.492. The molecule has 1 unspecified atom stereocenters. The number of nitrogens with two attached hydrogens (primary N) is 1. The van der Waals surface area contributed by atoms with Crippen molar-refractivity contribution in [2.75, 3.05) is 0 Å². The fourth-order valence-electron chi connectivity index (χ4n) is 2.53. The zero-order valence-electron chi connectivity index (χ0n) is 13.0. The van der Waals surface area contributed by atoms with Crippen molar-refractivity contribution in [3.05, 3.63) is 33.3 Å². The molecule has 0 saturated carbocycles. The molecule has 0 radical (unpaired) electrons. The van der Waals surface area contributed by atoms with Crippen molar-refractivity contribution in [2.24, 2.45) is 19.9 Å². The second-order valence-corrected chi connectivity index (χ2v) is 5.94. The van der Waals surface area contributed by atoms with Gasteiger partial charge >= 0.3 is 0 Å². The van der Waals surface area contributed by atoms with Crippen LogP contribution >= 0.6 is 15.9 Å². The minimum Gasteiger partial charge on any atom is -0.271 e. The Bertz CT molecular complexity index is 615. The molecule has 1 atom stereocenters. The highest BCUT2D eigenvalue weighted by molar-refractivity contribution is 9.10. The van der Waals surface area contributed by atoms with E-state index < -0.39 is 0 Å². The van der Waals surface area contributed by atoms with E-state index in [0.29, 0.717) is 0 Å². The molecule has 0 aliphatic rings. The highest BCUT2D eigenvalue weighted by Gasteiger charge is 2.21. The molecule has 0 fully saturated rings. The summed E-state index contributed by atoms with van der Waals surface area (Å²) in [6.45, 7) is 4.20. The van der Waals surface area contributed by atoms with Gasteiger partial charge in [-0.1, -0.05) is 13.8 Å². The molecule has 0 saturated heterocycles. The van der Waals surface area contributed by atoms with Gasteiger partial charge in [0.2, 0.25) is 0 Å². The first-order valence-electron chi connectivity index (χ1n) is 7.20. The van der Waals surface area contributed by atoms with Gasteiger partial charge in [0.05, 0.1) is 33.3 Å². The SMILES string of the molecule is CCc1cc(C(Cc2c(Br)c(CC)nn2C)NN)n(C)n1. The molecule has 0 spiro atoms. The first-order chi connectivity index (χ1) is 10.0. The van der Waals surface area contributed by atoms with Crippen LogP contribution in [0.15, 0.2) is 10.5 Å². The van der Waals surface area contributed by atoms with E-state index in [1.54, 1.807) is 0 Å². The topological polar surface area (TPSA) is 73.7 Å². The van der Waals surface area contributed by atoms with Gasteiger partial charge < -0.3 is 0 Å². The van der Waals surface area contributed by atoms with Crippen LogP contribution in [0.1, 0.15) is 42.7 Å². The lowest BCUT2D eigenvalue weighted by atomic mass is 10.1. The van der Waals surface area contributed by atoms with E-state index in [4.69, 9.17) is 5.84 Å². The maximum Gasteiger partial charge on any atom is 0.0766 e. The predicted molar refractivity (Wildman–Crippen MR) is 86.6 cm³/mol. The third-order valence-electron chi connectivity index (χ3n) is 3.79. The summed E-state index contributed by atoms with van der Waals surface area (Å²) in [4.78, 5) is 0. The average Bonchev–Trinajstić information content (AvgIpc) is 2.98. The fourth-order valence-corrected chi connectivity index (χ4v) is 3.30. The zero-order valence-corrected chi connectivity index (χ0v) is 14.6. The Morgan fingerprint density at radius 3 is 2.43 bits per heavy atom. The van der Waals surface area contributed by atoms with Crippen LogP contribution in [0, 0.1) is 0 Å². The number of hydrazine groups is 1. The molecule has 2 aromatic rings. The molecule has 0 aliphatic carbocycles. The molecule has 2 rings (SSSR count). The van der Waals surface area contributed by atoms with Gasteiger partial charge in [0, 0.05) is 20.5 Å². The number of nitrogens with one attached hydrogen (secondary N) is 1. The third kappa shape index (κ3) is 3.20. The van der Waals surface area contributed by atoms with Crippen molar-refractivity contribution < 1.29 is 0 Å². The Morgan fingerprint density at radius 1 is 1.24 bits per heavy atom. The van der Waals surface area contributed by atoms with Crippen LogP contribution in [0.5, 0.6) is 0 Å². The lowest BCUT2D eigenvalue weighted by Gasteiger charge is -2.16. The number of nitrogens with zero attached hydrogens (tertiary/aromatic N) is 4. The monoisotopic (exact) mass is 354 g/mol. The van der Waals surface area contributed by atoms with Crippen LogP contribution < -0.4 is 11.3 Å². The third-order valence-corrected chi connectivity index (χ3v) is 4.70. The van der Waals surface area contributed by atoms with Gasteiger partial charge in [-0.25, -0.2) is 0 Å². The van der Waals surface area contributed by atoms with Crippen LogP contribution in [-0.4, -0.2) is 19.6 Å². The van der Waals surface area contributed by atoms with E-state index in [1.807, 2.05) is 23.5 Å². The second-order valence-electron chi connectivity index (χ2n) is 5.15. The van der Waals surface area contributed by atoms with Gasteiger partial charge in [-0.15, -0.1) is 0 Å². The van der Waals surface area contributed by atoms with Gasteiger partial charge in [0.1, 0.15) is 0 Å². The maximum absolute atomic E-state index is 5.78. The quantitative estimate of drug-likeness (QED) is 0.612. The predicted octanol–water partition coefficient (Wildman–Crippen LogP) is 1.79. The Morgan fingerprint density at radius 2 is 1.95 bits per heavy atom. The molecule has 7 heteroatoms. The molecule has 2 aromatic heterocycles. The maximum atomic E-state index is 5.78. The van der Waals surface area contributed by atoms with Gasteiger partial charge in [0.15, 0.2) is 0 Å². The summed E-state index contributed by atoms with van der Waals surface area (Å²) in [6, 6.07) is 2.11. The van der Waals surface area contributed by atoms with E-state index in [0.717, 1.165) is 46.5 Å². The van der Waals surface area contributed by atoms with E-state index >= 15 is 0 Å². The first kappa shape index (κ1) is 16.2. The molecule has 2 heterocycles. The van der Waals surface area contributed by atoms with Gasteiger partial charge in [-0.05, 0) is 34.8 Å². The molecule has 116 valence electrons. The molecular weight excluding hydrogens is 332 g/mol. The highest BCUT2D eigenvalue weighted by atomic mass is 79.9. The van der Waals surface area contributed by atoms with E-state index in [-0.39, 0.29) is 6.04 Å². The van der Waals surface area contributed by atoms with Gasteiger partial charge in [-0.3, -0.25) is 20.6 Å². The fraction of sp³-hybridized carbons (Fsp3) is 0.571. The molecular formula is C14H23BrN6. The van der Waals surface area contributed by atoms with Gasteiger partial charge in [0.25, 0.3) is 0 Å². The molecule has 21 heavy (non-hydrogen) atoms. The lowest BCUT2D eigenvalue weighted by Crippen LogP contribution is -2.31. The minimum atomic E-state index is -0.000735. The molecule has 3 N–H and O–H groups in total. The standard InChI is InChI=1S/C14H23BrN6/c1-5-9-7-12(20(3)18-9)11(17-16)8-13-14(15)10(6-2)19-21(13)4/h7,11,17H,5-6,8,16H2,1-4H3. The summed E-state index contributed by atoms with van der Waals surface area (Å²) < 4.78 is 4.89. The number of rotatable bonds is 6. The van der Waals surface area contributed by atoms with Crippen LogP contribution in [-0.2, 0) is 33.4 Å². The van der Waals surface area contributed by atoms with Crippen molar-refractivity contribution in [1.29, 1.82) is 0 Å². The van der Waals surface area contributed by atoms with E-state index in [9.17, 15) is 0 Å². The zero-order chi connectivity index (χ0) is 15.6. The number of halogens is 1. The summed E-state index contributed by atoms with van der Waals surface area (Å²) in [5, 5.41) is 9.03. The summed E-state index contributed by atoms with van der Waals surface area (Å²) >= 11 is 3.66. The molecule has 0 aliphatic heterocycles. The second kappa shape index (κ2) is 6.72. The number of hydrogen-bond donors (Lipinski definition) is 2. The smallest absolute Gasteiger partial charge is 0.0766 e. The summed E-state index contributed by atoms with van der Waals surface area (Å²) in [7, 11) is 3.92. The first-order valence-corrected chi connectivity index (χ1v) is 8.00.